The summed E-state index contributed by atoms with van der Waals surface area (Å²) in [4.78, 5) is 24.6. The normalized spacial score (nSPS) is 12.3. The molecule has 3 N–H and O–H groups in total. The summed E-state index contributed by atoms with van der Waals surface area (Å²) in [5.41, 5.74) is 8.16. The molecule has 1 rings (SSSR count). The number of nitrogens with one attached hydrogen (secondary N) is 1. The van der Waals surface area contributed by atoms with Gasteiger partial charge in [0.25, 0.3) is 0 Å². The number of aryl methyl sites for hydroxylation is 1. The fraction of sp³-hybridized carbons (Fsp3) is 0.429. The van der Waals surface area contributed by atoms with Gasteiger partial charge in [-0.25, -0.2) is 0 Å². The van der Waals surface area contributed by atoms with E-state index in [1.165, 1.54) is 0 Å². The molecule has 104 valence electrons. The molecule has 0 saturated carbocycles. The number of nitrogens with zero attached hydrogens (tertiary/aromatic N) is 1. The fourth-order valence-electron chi connectivity index (χ4n) is 1.66. The second-order valence-corrected chi connectivity index (χ2v) is 4.79. The summed E-state index contributed by atoms with van der Waals surface area (Å²) in [6, 6.07) is 5.28. The lowest BCUT2D eigenvalue weighted by Gasteiger charge is -2.21. The molecule has 0 heterocycles. The minimum atomic E-state index is -0.468. The van der Waals surface area contributed by atoms with Crippen LogP contribution >= 0.6 is 0 Å². The van der Waals surface area contributed by atoms with Gasteiger partial charge in [-0.2, -0.15) is 0 Å². The largest absolute Gasteiger partial charge is 0.368 e. The van der Waals surface area contributed by atoms with Gasteiger partial charge in [-0.3, -0.25) is 14.5 Å². The molecule has 0 aliphatic carbocycles. The van der Waals surface area contributed by atoms with Crippen LogP contribution in [-0.4, -0.2) is 36.3 Å². The molecule has 0 spiro atoms. The molecule has 0 fully saturated rings. The average molecular weight is 263 g/mol. The third kappa shape index (κ3) is 4.06. The van der Waals surface area contributed by atoms with Crippen molar-refractivity contribution in [3.63, 3.8) is 0 Å². The van der Waals surface area contributed by atoms with Gasteiger partial charge in [0.15, 0.2) is 0 Å². The Morgan fingerprint density at radius 3 is 2.58 bits per heavy atom. The average Bonchev–Trinajstić information content (AvgIpc) is 2.33. The Morgan fingerprint density at radius 1 is 1.37 bits per heavy atom. The zero-order chi connectivity index (χ0) is 14.6. The van der Waals surface area contributed by atoms with Crippen molar-refractivity contribution in [2.45, 2.75) is 26.8 Å². The van der Waals surface area contributed by atoms with Crippen molar-refractivity contribution >= 4 is 17.5 Å². The van der Waals surface area contributed by atoms with Crippen LogP contribution in [0.1, 0.15) is 18.1 Å². The first-order valence-corrected chi connectivity index (χ1v) is 6.18. The number of hydrogen-bond donors (Lipinski definition) is 2. The van der Waals surface area contributed by atoms with Crippen LogP contribution in [0.5, 0.6) is 0 Å². The molecule has 2 amide bonds. The Labute approximate surface area is 113 Å². The van der Waals surface area contributed by atoms with Crippen molar-refractivity contribution in [1.29, 1.82) is 0 Å². The summed E-state index contributed by atoms with van der Waals surface area (Å²) < 4.78 is 0. The molecule has 5 heteroatoms. The van der Waals surface area contributed by atoms with E-state index in [0.29, 0.717) is 0 Å². The maximum absolute atomic E-state index is 11.9. The van der Waals surface area contributed by atoms with E-state index < -0.39 is 11.9 Å². The predicted octanol–water partition coefficient (Wildman–Crippen LogP) is 1.05. The molecule has 0 aliphatic rings. The Balaban J connectivity index is 2.66. The first-order valence-electron chi connectivity index (χ1n) is 6.18. The summed E-state index contributed by atoms with van der Waals surface area (Å²) >= 11 is 0. The lowest BCUT2D eigenvalue weighted by atomic mass is 10.1. The number of hydrogen-bond acceptors (Lipinski definition) is 3. The molecule has 1 aromatic rings. The summed E-state index contributed by atoms with van der Waals surface area (Å²) in [6.07, 6.45) is 0. The minimum absolute atomic E-state index is 0.123. The summed E-state index contributed by atoms with van der Waals surface area (Å²) in [5.74, 6) is -0.605. The monoisotopic (exact) mass is 263 g/mol. The quantitative estimate of drug-likeness (QED) is 0.833. The Hall–Kier alpha value is -1.88. The second kappa shape index (κ2) is 6.33. The van der Waals surface area contributed by atoms with E-state index in [1.54, 1.807) is 18.9 Å². The lowest BCUT2D eigenvalue weighted by Crippen LogP contribution is -2.43. The third-order valence-corrected chi connectivity index (χ3v) is 3.34. The van der Waals surface area contributed by atoms with Crippen molar-refractivity contribution in [2.75, 3.05) is 18.9 Å². The second-order valence-electron chi connectivity index (χ2n) is 4.79. The number of amides is 2. The molecule has 1 atom stereocenters. The van der Waals surface area contributed by atoms with Gasteiger partial charge < -0.3 is 11.1 Å². The summed E-state index contributed by atoms with van der Waals surface area (Å²) in [6.45, 7) is 5.75. The number of likely N-dealkylation sites (N-methyl/N-ethyl adjacent to an activating group) is 1. The molecular formula is C14H21N3O2. The van der Waals surface area contributed by atoms with E-state index in [-0.39, 0.29) is 12.5 Å². The van der Waals surface area contributed by atoms with Crippen LogP contribution in [0.2, 0.25) is 0 Å². The number of nitrogens with two attached hydrogens (primary N) is 1. The number of anilines is 1. The van der Waals surface area contributed by atoms with Gasteiger partial charge in [0.2, 0.25) is 11.8 Å². The third-order valence-electron chi connectivity index (χ3n) is 3.34. The van der Waals surface area contributed by atoms with Crippen molar-refractivity contribution < 1.29 is 9.59 Å². The van der Waals surface area contributed by atoms with Gasteiger partial charge in [-0.1, -0.05) is 12.1 Å². The van der Waals surface area contributed by atoms with E-state index in [2.05, 4.69) is 5.32 Å². The molecule has 0 aromatic heterocycles. The molecule has 0 radical (unpaired) electrons. The number of carbonyl (C=O) groups is 2. The molecule has 0 bridgehead atoms. The molecule has 19 heavy (non-hydrogen) atoms. The van der Waals surface area contributed by atoms with Crippen LogP contribution in [0.4, 0.5) is 5.69 Å². The van der Waals surface area contributed by atoms with Crippen molar-refractivity contribution in [2.24, 2.45) is 5.73 Å². The van der Waals surface area contributed by atoms with Crippen molar-refractivity contribution in [1.82, 2.24) is 4.90 Å². The Morgan fingerprint density at radius 2 is 2.00 bits per heavy atom. The highest BCUT2D eigenvalue weighted by molar-refractivity contribution is 5.93. The van der Waals surface area contributed by atoms with Crippen LogP contribution in [0.25, 0.3) is 0 Å². The highest BCUT2D eigenvalue weighted by Gasteiger charge is 2.17. The fourth-order valence-corrected chi connectivity index (χ4v) is 1.66. The first-order chi connectivity index (χ1) is 8.82. The van der Waals surface area contributed by atoms with Crippen LogP contribution in [0, 0.1) is 13.8 Å². The SMILES string of the molecule is Cc1cccc(NC(=O)CN(C)[C@@H](C)C(N)=O)c1C. The van der Waals surface area contributed by atoms with Gasteiger partial charge in [-0.15, -0.1) is 0 Å². The van der Waals surface area contributed by atoms with Gasteiger partial charge in [0.1, 0.15) is 0 Å². The van der Waals surface area contributed by atoms with E-state index in [0.717, 1.165) is 16.8 Å². The maximum atomic E-state index is 11.9. The van der Waals surface area contributed by atoms with Crippen LogP contribution in [0.3, 0.4) is 0 Å². The Bertz CT molecular complexity index is 486. The summed E-state index contributed by atoms with van der Waals surface area (Å²) in [5, 5.41) is 2.84. The predicted molar refractivity (Wildman–Crippen MR) is 75.8 cm³/mol. The molecule has 0 unspecified atom stereocenters. The van der Waals surface area contributed by atoms with Gasteiger partial charge >= 0.3 is 0 Å². The van der Waals surface area contributed by atoms with E-state index in [1.807, 2.05) is 32.0 Å². The molecule has 0 saturated heterocycles. The smallest absolute Gasteiger partial charge is 0.238 e. The zero-order valence-electron chi connectivity index (χ0n) is 11.9. The number of carbonyl (C=O) groups excluding carboxylic acids is 2. The van der Waals surface area contributed by atoms with Crippen molar-refractivity contribution in [3.8, 4) is 0 Å². The Kier molecular flexibility index (Phi) is 5.06. The first kappa shape index (κ1) is 15.2. The van der Waals surface area contributed by atoms with Gasteiger partial charge in [0, 0.05) is 5.69 Å². The van der Waals surface area contributed by atoms with Crippen LogP contribution < -0.4 is 11.1 Å². The van der Waals surface area contributed by atoms with Gasteiger partial charge in [0.05, 0.1) is 12.6 Å². The molecule has 0 aliphatic heterocycles. The topological polar surface area (TPSA) is 75.4 Å². The molecule has 1 aromatic carbocycles. The van der Waals surface area contributed by atoms with Crippen LogP contribution in [-0.2, 0) is 9.59 Å². The number of rotatable bonds is 5. The van der Waals surface area contributed by atoms with E-state index >= 15 is 0 Å². The lowest BCUT2D eigenvalue weighted by molar-refractivity contribution is -0.123. The summed E-state index contributed by atoms with van der Waals surface area (Å²) in [7, 11) is 1.69. The number of primary amides is 1. The van der Waals surface area contributed by atoms with Crippen molar-refractivity contribution in [3.05, 3.63) is 29.3 Å². The molecule has 5 nitrogen and oxygen atoms in total. The van der Waals surface area contributed by atoms with E-state index in [4.69, 9.17) is 5.73 Å². The van der Waals surface area contributed by atoms with Gasteiger partial charge in [-0.05, 0) is 45.0 Å². The van der Waals surface area contributed by atoms with E-state index in [9.17, 15) is 9.59 Å². The van der Waals surface area contributed by atoms with Crippen LogP contribution in [0.15, 0.2) is 18.2 Å². The minimum Gasteiger partial charge on any atom is -0.368 e. The number of benzene rings is 1. The zero-order valence-corrected chi connectivity index (χ0v) is 11.9. The molecular weight excluding hydrogens is 242 g/mol. The highest BCUT2D eigenvalue weighted by Crippen LogP contribution is 2.17. The highest BCUT2D eigenvalue weighted by atomic mass is 16.2. The maximum Gasteiger partial charge on any atom is 0.238 e. The standard InChI is InChI=1S/C14H21N3O2/c1-9-6-5-7-12(10(9)2)16-13(18)8-17(4)11(3)14(15)19/h5-7,11H,8H2,1-4H3,(H2,15,19)(H,16,18)/t11-/m0/s1.